The van der Waals surface area contributed by atoms with E-state index in [0.29, 0.717) is 0 Å². The number of hydrogen-bond acceptors (Lipinski definition) is 4. The molecular formula is C19H19N3OS. The van der Waals surface area contributed by atoms with Gasteiger partial charge in [0.1, 0.15) is 5.01 Å². The summed E-state index contributed by atoms with van der Waals surface area (Å²) in [5, 5.41) is 5.84. The predicted molar refractivity (Wildman–Crippen MR) is 96.8 cm³/mol. The number of aromatic nitrogens is 2. The molecule has 1 unspecified atom stereocenters. The van der Waals surface area contributed by atoms with Crippen molar-refractivity contribution in [2.75, 3.05) is 0 Å². The lowest BCUT2D eigenvalue weighted by Gasteiger charge is -2.14. The summed E-state index contributed by atoms with van der Waals surface area (Å²) in [5.41, 5.74) is 4.07. The van der Waals surface area contributed by atoms with E-state index in [1.807, 2.05) is 36.6 Å². The summed E-state index contributed by atoms with van der Waals surface area (Å²) < 4.78 is 0. The number of carbonyl (C=O) groups excluding carboxylic acids is 1. The minimum atomic E-state index is -0.0221. The van der Waals surface area contributed by atoms with Crippen LogP contribution in [0.3, 0.4) is 0 Å². The van der Waals surface area contributed by atoms with E-state index >= 15 is 0 Å². The highest BCUT2D eigenvalue weighted by Crippen LogP contribution is 2.23. The zero-order chi connectivity index (χ0) is 16.9. The maximum absolute atomic E-state index is 12.3. The number of aryl methyl sites for hydroxylation is 1. The molecule has 3 aromatic rings. The molecule has 0 spiro atoms. The van der Waals surface area contributed by atoms with Gasteiger partial charge in [-0.3, -0.25) is 9.78 Å². The normalized spacial score (nSPS) is 11.9. The minimum absolute atomic E-state index is 0.0190. The molecule has 0 saturated heterocycles. The molecule has 1 amide bonds. The summed E-state index contributed by atoms with van der Waals surface area (Å²) in [6.45, 7) is 4.04. The summed E-state index contributed by atoms with van der Waals surface area (Å²) in [7, 11) is 0. The first kappa shape index (κ1) is 16.3. The number of pyridine rings is 1. The van der Waals surface area contributed by atoms with Crippen LogP contribution >= 0.6 is 11.3 Å². The highest BCUT2D eigenvalue weighted by atomic mass is 32.1. The number of benzene rings is 1. The molecule has 4 nitrogen and oxygen atoms in total. The van der Waals surface area contributed by atoms with Crippen LogP contribution < -0.4 is 5.32 Å². The zero-order valence-electron chi connectivity index (χ0n) is 13.7. The maximum atomic E-state index is 12.3. The molecule has 0 aliphatic rings. The second kappa shape index (κ2) is 7.36. The summed E-state index contributed by atoms with van der Waals surface area (Å²) in [6.07, 6.45) is 3.80. The number of nitrogens with zero attached hydrogens (tertiary/aromatic N) is 2. The number of carbonyl (C=O) groups is 1. The van der Waals surface area contributed by atoms with E-state index in [0.717, 1.165) is 21.8 Å². The average Bonchev–Trinajstić information content (AvgIpc) is 3.04. The molecule has 1 N–H and O–H groups in total. The Morgan fingerprint density at radius 3 is 2.75 bits per heavy atom. The molecule has 122 valence electrons. The Kier molecular flexibility index (Phi) is 5.01. The van der Waals surface area contributed by atoms with E-state index < -0.39 is 0 Å². The summed E-state index contributed by atoms with van der Waals surface area (Å²) in [5.74, 6) is -0.0221. The quantitative estimate of drug-likeness (QED) is 0.767. The topological polar surface area (TPSA) is 54.9 Å². The van der Waals surface area contributed by atoms with E-state index in [2.05, 4.69) is 34.3 Å². The van der Waals surface area contributed by atoms with Crippen LogP contribution in [0.25, 0.3) is 10.6 Å². The van der Waals surface area contributed by atoms with Crippen LogP contribution in [0.4, 0.5) is 0 Å². The van der Waals surface area contributed by atoms with Crippen LogP contribution in [0, 0.1) is 6.92 Å². The van der Waals surface area contributed by atoms with Gasteiger partial charge in [-0.1, -0.05) is 29.8 Å². The third-order valence-electron chi connectivity index (χ3n) is 3.76. The lowest BCUT2D eigenvalue weighted by molar-refractivity contribution is -0.121. The Labute approximate surface area is 145 Å². The van der Waals surface area contributed by atoms with Gasteiger partial charge in [-0.15, -0.1) is 11.3 Å². The largest absolute Gasteiger partial charge is 0.349 e. The Bertz CT molecular complexity index is 812. The number of nitrogens with one attached hydrogen (secondary N) is 1. The molecule has 0 bridgehead atoms. The molecule has 0 fully saturated rings. The van der Waals surface area contributed by atoms with Gasteiger partial charge in [0.25, 0.3) is 0 Å². The first-order valence-corrected chi connectivity index (χ1v) is 8.70. The summed E-state index contributed by atoms with van der Waals surface area (Å²) in [6, 6.07) is 12.0. The fourth-order valence-electron chi connectivity index (χ4n) is 2.41. The van der Waals surface area contributed by atoms with E-state index in [1.54, 1.807) is 12.4 Å². The molecule has 5 heteroatoms. The minimum Gasteiger partial charge on any atom is -0.349 e. The summed E-state index contributed by atoms with van der Waals surface area (Å²) in [4.78, 5) is 20.9. The summed E-state index contributed by atoms with van der Waals surface area (Å²) >= 11 is 1.53. The van der Waals surface area contributed by atoms with Gasteiger partial charge in [-0.05, 0) is 31.5 Å². The number of thiazole rings is 1. The fraction of sp³-hybridized carbons (Fsp3) is 0.211. The standard InChI is InChI=1S/C19H19N3OS/c1-13-5-7-15(8-6-13)14(2)21-18(23)10-17-12-24-19(22-17)16-4-3-9-20-11-16/h3-9,11-12,14H,10H2,1-2H3,(H,21,23). The fourth-order valence-corrected chi connectivity index (χ4v) is 3.22. The van der Waals surface area contributed by atoms with Crippen molar-refractivity contribution < 1.29 is 4.79 Å². The molecule has 0 saturated carbocycles. The monoisotopic (exact) mass is 337 g/mol. The Balaban J connectivity index is 1.61. The van der Waals surface area contributed by atoms with E-state index in [-0.39, 0.29) is 18.4 Å². The van der Waals surface area contributed by atoms with Crippen molar-refractivity contribution in [1.82, 2.24) is 15.3 Å². The molecule has 24 heavy (non-hydrogen) atoms. The van der Waals surface area contributed by atoms with Crippen molar-refractivity contribution in [3.05, 3.63) is 71.0 Å². The molecular weight excluding hydrogens is 318 g/mol. The Morgan fingerprint density at radius 1 is 1.25 bits per heavy atom. The first-order chi connectivity index (χ1) is 11.6. The van der Waals surface area contributed by atoms with Gasteiger partial charge in [-0.25, -0.2) is 4.98 Å². The first-order valence-electron chi connectivity index (χ1n) is 7.82. The van der Waals surface area contributed by atoms with Crippen molar-refractivity contribution in [2.24, 2.45) is 0 Å². The van der Waals surface area contributed by atoms with Crippen LogP contribution in [0.2, 0.25) is 0 Å². The smallest absolute Gasteiger partial charge is 0.226 e. The SMILES string of the molecule is Cc1ccc(C(C)NC(=O)Cc2csc(-c3cccnc3)n2)cc1. The van der Waals surface area contributed by atoms with E-state index in [4.69, 9.17) is 0 Å². The van der Waals surface area contributed by atoms with Crippen LogP contribution in [-0.2, 0) is 11.2 Å². The van der Waals surface area contributed by atoms with Crippen molar-refractivity contribution >= 4 is 17.2 Å². The van der Waals surface area contributed by atoms with Gasteiger partial charge < -0.3 is 5.32 Å². The molecule has 1 aromatic carbocycles. The molecule has 0 aliphatic heterocycles. The number of hydrogen-bond donors (Lipinski definition) is 1. The highest BCUT2D eigenvalue weighted by Gasteiger charge is 2.12. The van der Waals surface area contributed by atoms with Crippen LogP contribution in [0.5, 0.6) is 0 Å². The third kappa shape index (κ3) is 4.06. The molecule has 0 aliphatic carbocycles. The van der Waals surface area contributed by atoms with Gasteiger partial charge >= 0.3 is 0 Å². The lowest BCUT2D eigenvalue weighted by Crippen LogP contribution is -2.28. The average molecular weight is 337 g/mol. The zero-order valence-corrected chi connectivity index (χ0v) is 14.5. The van der Waals surface area contributed by atoms with Crippen molar-refractivity contribution in [2.45, 2.75) is 26.3 Å². The molecule has 2 heterocycles. The lowest BCUT2D eigenvalue weighted by atomic mass is 10.1. The second-order valence-corrected chi connectivity index (χ2v) is 6.62. The predicted octanol–water partition coefficient (Wildman–Crippen LogP) is 3.93. The highest BCUT2D eigenvalue weighted by molar-refractivity contribution is 7.13. The van der Waals surface area contributed by atoms with Gasteiger partial charge in [0.05, 0.1) is 18.2 Å². The molecule has 1 atom stereocenters. The maximum Gasteiger partial charge on any atom is 0.226 e. The van der Waals surface area contributed by atoms with Crippen molar-refractivity contribution in [1.29, 1.82) is 0 Å². The Hall–Kier alpha value is -2.53. The van der Waals surface area contributed by atoms with Crippen LogP contribution in [0.1, 0.15) is 29.8 Å². The van der Waals surface area contributed by atoms with Gasteiger partial charge in [0, 0.05) is 23.3 Å². The van der Waals surface area contributed by atoms with Crippen LogP contribution in [0.15, 0.2) is 54.2 Å². The Morgan fingerprint density at radius 2 is 2.04 bits per heavy atom. The van der Waals surface area contributed by atoms with Crippen molar-refractivity contribution in [3.8, 4) is 10.6 Å². The molecule has 0 radical (unpaired) electrons. The van der Waals surface area contributed by atoms with E-state index in [9.17, 15) is 4.79 Å². The van der Waals surface area contributed by atoms with Crippen LogP contribution in [-0.4, -0.2) is 15.9 Å². The third-order valence-corrected chi connectivity index (χ3v) is 4.70. The molecule has 2 aromatic heterocycles. The number of amides is 1. The van der Waals surface area contributed by atoms with Gasteiger partial charge in [0.2, 0.25) is 5.91 Å². The molecule has 3 rings (SSSR count). The number of rotatable bonds is 5. The van der Waals surface area contributed by atoms with E-state index in [1.165, 1.54) is 16.9 Å². The van der Waals surface area contributed by atoms with Gasteiger partial charge in [-0.2, -0.15) is 0 Å². The van der Waals surface area contributed by atoms with Crippen molar-refractivity contribution in [3.63, 3.8) is 0 Å². The van der Waals surface area contributed by atoms with Gasteiger partial charge in [0.15, 0.2) is 0 Å². The second-order valence-electron chi connectivity index (χ2n) is 5.76.